The predicted molar refractivity (Wildman–Crippen MR) is 58.8 cm³/mol. The third kappa shape index (κ3) is 6.26. The number of nitrogens with zero attached hydrogens (tertiary/aromatic N) is 1. The quantitative estimate of drug-likeness (QED) is 0.527. The van der Waals surface area contributed by atoms with Crippen molar-refractivity contribution in [3.8, 4) is 0 Å². The zero-order valence-electron chi connectivity index (χ0n) is 10.1. The van der Waals surface area contributed by atoms with Crippen LogP contribution in [-0.2, 0) is 17.6 Å². The van der Waals surface area contributed by atoms with E-state index >= 15 is 0 Å². The molecule has 0 saturated heterocycles. The smallest absolute Gasteiger partial charge is 0.481 e. The summed E-state index contributed by atoms with van der Waals surface area (Å²) in [6.45, 7) is 2.16. The summed E-state index contributed by atoms with van der Waals surface area (Å²) in [6, 6.07) is 5.60. The van der Waals surface area contributed by atoms with E-state index in [2.05, 4.69) is 11.9 Å². The van der Waals surface area contributed by atoms with E-state index in [4.69, 9.17) is 5.11 Å². The van der Waals surface area contributed by atoms with E-state index in [1.165, 1.54) is 12.8 Å². The monoisotopic (exact) mass is 230 g/mol. The Morgan fingerprint density at radius 1 is 1.31 bits per heavy atom. The van der Waals surface area contributed by atoms with E-state index in [9.17, 15) is 4.79 Å². The van der Waals surface area contributed by atoms with Gasteiger partial charge in [0.25, 0.3) is 0 Å². The summed E-state index contributed by atoms with van der Waals surface area (Å²) >= 11 is 0. The molecule has 0 amide bonds. The number of hydrogen-bond acceptors (Lipinski definition) is 2. The molecule has 4 heteroatoms. The second-order valence-corrected chi connectivity index (χ2v) is 3.65. The van der Waals surface area contributed by atoms with Crippen LogP contribution in [0.5, 0.6) is 0 Å². The summed E-state index contributed by atoms with van der Waals surface area (Å²) in [6.07, 6.45) is 4.47. The number of aromatic nitrogens is 1. The molecule has 1 aromatic rings. The Hall–Kier alpha value is -0.380. The van der Waals surface area contributed by atoms with E-state index in [1.807, 2.05) is 12.1 Å². The Labute approximate surface area is 119 Å². The summed E-state index contributed by atoms with van der Waals surface area (Å²) in [7, 11) is 0. The van der Waals surface area contributed by atoms with Crippen LogP contribution in [0.25, 0.3) is 0 Å². The third-order valence-electron chi connectivity index (χ3n) is 2.23. The van der Waals surface area contributed by atoms with Crippen LogP contribution in [0.1, 0.15) is 37.6 Å². The zero-order valence-corrected chi connectivity index (χ0v) is 12.1. The molecule has 1 aromatic heterocycles. The van der Waals surface area contributed by atoms with Crippen molar-refractivity contribution in [2.75, 3.05) is 0 Å². The van der Waals surface area contributed by atoms with Crippen LogP contribution in [0.3, 0.4) is 0 Å². The van der Waals surface area contributed by atoms with Crippen molar-refractivity contribution in [3.05, 3.63) is 29.6 Å². The fourth-order valence-corrected chi connectivity index (χ4v) is 1.48. The topological polar surface area (TPSA) is 50.2 Å². The average molecular weight is 230 g/mol. The number of pyridine rings is 1. The van der Waals surface area contributed by atoms with Gasteiger partial charge in [-0.3, -0.25) is 9.78 Å². The Kier molecular flexibility index (Phi) is 8.53. The van der Waals surface area contributed by atoms with Crippen LogP contribution in [0, 0.1) is 0 Å². The number of aliphatic carboxylic acids is 1. The molecule has 0 atom stereocenters. The van der Waals surface area contributed by atoms with Gasteiger partial charge in [-0.05, 0) is 25.0 Å². The SMILES string of the molecule is CCCCCc1cccc(CC(=O)O)n1.[Na+]. The molecule has 0 unspecified atom stereocenters. The molecule has 82 valence electrons. The second kappa shape index (κ2) is 8.74. The molecule has 0 aliphatic carbocycles. The summed E-state index contributed by atoms with van der Waals surface area (Å²) < 4.78 is 0. The minimum Gasteiger partial charge on any atom is -0.481 e. The molecule has 0 bridgehead atoms. The molecular formula is C12H17NNaO2+. The number of aryl methyl sites for hydroxylation is 1. The fraction of sp³-hybridized carbons (Fsp3) is 0.500. The van der Waals surface area contributed by atoms with E-state index in [-0.39, 0.29) is 36.0 Å². The van der Waals surface area contributed by atoms with E-state index in [0.29, 0.717) is 5.69 Å². The number of carbonyl (C=O) groups is 1. The second-order valence-electron chi connectivity index (χ2n) is 3.65. The molecule has 0 aliphatic rings. The number of hydrogen-bond donors (Lipinski definition) is 1. The summed E-state index contributed by atoms with van der Waals surface area (Å²) in [4.78, 5) is 14.8. The zero-order chi connectivity index (χ0) is 11.1. The first-order valence-electron chi connectivity index (χ1n) is 5.39. The number of rotatable bonds is 6. The molecule has 0 saturated carbocycles. The van der Waals surface area contributed by atoms with Crippen molar-refractivity contribution in [1.29, 1.82) is 0 Å². The van der Waals surface area contributed by atoms with Gasteiger partial charge in [0.2, 0.25) is 0 Å². The van der Waals surface area contributed by atoms with Gasteiger partial charge in [0.1, 0.15) is 0 Å². The fourth-order valence-electron chi connectivity index (χ4n) is 1.48. The largest absolute Gasteiger partial charge is 1.00 e. The molecular weight excluding hydrogens is 213 g/mol. The summed E-state index contributed by atoms with van der Waals surface area (Å²) in [5, 5.41) is 8.63. The van der Waals surface area contributed by atoms with Gasteiger partial charge in [-0.15, -0.1) is 0 Å². The summed E-state index contributed by atoms with van der Waals surface area (Å²) in [5.41, 5.74) is 1.65. The Bertz CT molecular complexity index is 329. The maximum absolute atomic E-state index is 10.5. The molecule has 0 radical (unpaired) electrons. The maximum atomic E-state index is 10.5. The Balaban J connectivity index is 0.00000225. The van der Waals surface area contributed by atoms with Crippen LogP contribution in [0.15, 0.2) is 18.2 Å². The Morgan fingerprint density at radius 2 is 2.00 bits per heavy atom. The van der Waals surface area contributed by atoms with Crippen molar-refractivity contribution in [2.24, 2.45) is 0 Å². The number of unbranched alkanes of at least 4 members (excludes halogenated alkanes) is 2. The first-order valence-corrected chi connectivity index (χ1v) is 5.39. The molecule has 1 N–H and O–H groups in total. The summed E-state index contributed by atoms with van der Waals surface area (Å²) in [5.74, 6) is -0.826. The minimum absolute atomic E-state index is 0. The van der Waals surface area contributed by atoms with Crippen molar-refractivity contribution in [3.63, 3.8) is 0 Å². The molecule has 0 spiro atoms. The van der Waals surface area contributed by atoms with Crippen molar-refractivity contribution < 1.29 is 39.5 Å². The number of carboxylic acids is 1. The average Bonchev–Trinajstić information content (AvgIpc) is 2.18. The molecule has 0 fully saturated rings. The van der Waals surface area contributed by atoms with Crippen molar-refractivity contribution in [2.45, 2.75) is 39.0 Å². The molecule has 1 heterocycles. The predicted octanol–water partition coefficient (Wildman–Crippen LogP) is -0.555. The van der Waals surface area contributed by atoms with Gasteiger partial charge in [-0.25, -0.2) is 0 Å². The van der Waals surface area contributed by atoms with Gasteiger partial charge in [-0.1, -0.05) is 25.8 Å². The van der Waals surface area contributed by atoms with E-state index < -0.39 is 5.97 Å². The van der Waals surface area contributed by atoms with Crippen LogP contribution in [0.2, 0.25) is 0 Å². The van der Waals surface area contributed by atoms with Crippen molar-refractivity contribution in [1.82, 2.24) is 4.98 Å². The van der Waals surface area contributed by atoms with E-state index in [1.54, 1.807) is 6.07 Å². The maximum Gasteiger partial charge on any atom is 1.00 e. The normalized spacial score (nSPS) is 9.56. The van der Waals surface area contributed by atoms with Crippen LogP contribution < -0.4 is 29.6 Å². The minimum atomic E-state index is -0.826. The van der Waals surface area contributed by atoms with Gasteiger partial charge < -0.3 is 5.11 Å². The first-order chi connectivity index (χ1) is 7.22. The standard InChI is InChI=1S/C12H17NO2.Na/c1-2-3-4-6-10-7-5-8-11(13-10)9-12(14)15;/h5,7-8H,2-4,6,9H2,1H3,(H,14,15);/q;+1. The van der Waals surface area contributed by atoms with Crippen LogP contribution in [0.4, 0.5) is 0 Å². The molecule has 3 nitrogen and oxygen atoms in total. The van der Waals surface area contributed by atoms with Crippen LogP contribution >= 0.6 is 0 Å². The molecule has 1 rings (SSSR count). The van der Waals surface area contributed by atoms with E-state index in [0.717, 1.165) is 18.5 Å². The van der Waals surface area contributed by atoms with Crippen molar-refractivity contribution >= 4 is 5.97 Å². The number of carboxylic acid groups (broad SMARTS) is 1. The molecule has 0 aliphatic heterocycles. The molecule has 16 heavy (non-hydrogen) atoms. The first kappa shape index (κ1) is 15.6. The molecule has 0 aromatic carbocycles. The van der Waals surface area contributed by atoms with Gasteiger partial charge in [0, 0.05) is 5.69 Å². The van der Waals surface area contributed by atoms with Gasteiger partial charge in [0.15, 0.2) is 0 Å². The van der Waals surface area contributed by atoms with Gasteiger partial charge >= 0.3 is 35.5 Å². The Morgan fingerprint density at radius 3 is 2.62 bits per heavy atom. The van der Waals surface area contributed by atoms with Crippen LogP contribution in [-0.4, -0.2) is 16.1 Å². The van der Waals surface area contributed by atoms with Gasteiger partial charge in [-0.2, -0.15) is 0 Å². The third-order valence-corrected chi connectivity index (χ3v) is 2.23. The van der Waals surface area contributed by atoms with Gasteiger partial charge in [0.05, 0.1) is 12.1 Å².